The molecule has 0 atom stereocenters. The number of carbonyl (C=O) groups is 1. The number of aryl methyl sites for hydroxylation is 1. The van der Waals surface area contributed by atoms with Crippen LogP contribution < -0.4 is 20.1 Å². The highest BCUT2D eigenvalue weighted by atomic mass is 35.5. The minimum Gasteiger partial charge on any atom is -0.495 e. The fraction of sp³-hybridized carbons (Fsp3) is 0.389. The van der Waals surface area contributed by atoms with E-state index in [1.807, 2.05) is 0 Å². The molecule has 0 radical (unpaired) electrons. The molecule has 2 rings (SSSR count). The number of hydrogen-bond donors (Lipinski definition) is 2. The number of unbranched alkanes of at least 4 members (excludes halogenated alkanes) is 1. The Morgan fingerprint density at radius 2 is 1.88 bits per heavy atom. The number of halogens is 1. The van der Waals surface area contributed by atoms with Gasteiger partial charge in [-0.25, -0.2) is 9.97 Å². The monoisotopic (exact) mass is 378 g/mol. The summed E-state index contributed by atoms with van der Waals surface area (Å²) in [6.07, 6.45) is 2.09. The Bertz CT molecular complexity index is 783. The van der Waals surface area contributed by atoms with Crippen molar-refractivity contribution in [2.75, 3.05) is 31.4 Å². The number of hydrogen-bond acceptors (Lipinski definition) is 6. The van der Waals surface area contributed by atoms with E-state index in [1.54, 1.807) is 25.1 Å². The van der Waals surface area contributed by atoms with Gasteiger partial charge in [-0.3, -0.25) is 4.79 Å². The number of nitrogens with one attached hydrogen (secondary N) is 2. The number of ether oxygens (including phenoxy) is 2. The van der Waals surface area contributed by atoms with Gasteiger partial charge in [0.2, 0.25) is 0 Å². The molecule has 0 saturated heterocycles. The molecule has 0 aliphatic carbocycles. The summed E-state index contributed by atoms with van der Waals surface area (Å²) in [7, 11) is 3.00. The van der Waals surface area contributed by atoms with Gasteiger partial charge in [0.25, 0.3) is 5.91 Å². The SMILES string of the molecule is CCCCNc1cc(C(=O)Nc2cc(OC)c(Cl)cc2OC)nc(C)n1. The molecule has 0 saturated carbocycles. The number of amides is 1. The lowest BCUT2D eigenvalue weighted by Gasteiger charge is -2.13. The molecular weight excluding hydrogens is 356 g/mol. The van der Waals surface area contributed by atoms with E-state index in [2.05, 4.69) is 27.5 Å². The quantitative estimate of drug-likeness (QED) is 0.677. The summed E-state index contributed by atoms with van der Waals surface area (Å²) in [5.41, 5.74) is 0.697. The zero-order valence-electron chi connectivity index (χ0n) is 15.4. The normalized spacial score (nSPS) is 10.3. The topological polar surface area (TPSA) is 85.4 Å². The lowest BCUT2D eigenvalue weighted by Crippen LogP contribution is -2.16. The Labute approximate surface area is 158 Å². The first-order valence-corrected chi connectivity index (χ1v) is 8.68. The maximum atomic E-state index is 12.6. The van der Waals surface area contributed by atoms with Gasteiger partial charge in [0, 0.05) is 24.7 Å². The molecule has 0 bridgehead atoms. The number of benzene rings is 1. The molecule has 2 N–H and O–H groups in total. The van der Waals surface area contributed by atoms with E-state index in [1.165, 1.54) is 14.2 Å². The van der Waals surface area contributed by atoms with Gasteiger partial charge in [-0.15, -0.1) is 0 Å². The van der Waals surface area contributed by atoms with Gasteiger partial charge >= 0.3 is 0 Å². The van der Waals surface area contributed by atoms with Crippen molar-refractivity contribution < 1.29 is 14.3 Å². The highest BCUT2D eigenvalue weighted by molar-refractivity contribution is 6.32. The zero-order valence-corrected chi connectivity index (χ0v) is 16.1. The maximum Gasteiger partial charge on any atom is 0.274 e. The lowest BCUT2D eigenvalue weighted by molar-refractivity contribution is 0.102. The summed E-state index contributed by atoms with van der Waals surface area (Å²) < 4.78 is 10.5. The van der Waals surface area contributed by atoms with Gasteiger partial charge in [-0.05, 0) is 13.3 Å². The third-order valence-corrected chi connectivity index (χ3v) is 3.92. The largest absolute Gasteiger partial charge is 0.495 e. The smallest absolute Gasteiger partial charge is 0.274 e. The minimum atomic E-state index is -0.378. The third-order valence-electron chi connectivity index (χ3n) is 3.63. The van der Waals surface area contributed by atoms with Crippen LogP contribution in [0.1, 0.15) is 36.1 Å². The van der Waals surface area contributed by atoms with Crippen molar-refractivity contribution in [1.29, 1.82) is 0 Å². The van der Waals surface area contributed by atoms with Crippen LogP contribution in [0.3, 0.4) is 0 Å². The summed E-state index contributed by atoms with van der Waals surface area (Å²) in [6, 6.07) is 4.81. The molecule has 0 spiro atoms. The Morgan fingerprint density at radius 3 is 2.54 bits per heavy atom. The van der Waals surface area contributed by atoms with E-state index in [0.29, 0.717) is 33.9 Å². The van der Waals surface area contributed by atoms with Crippen molar-refractivity contribution in [3.05, 3.63) is 34.7 Å². The average molecular weight is 379 g/mol. The van der Waals surface area contributed by atoms with Crippen LogP contribution in [0.4, 0.5) is 11.5 Å². The summed E-state index contributed by atoms with van der Waals surface area (Å²) in [5, 5.41) is 6.37. The fourth-order valence-electron chi connectivity index (χ4n) is 2.31. The van der Waals surface area contributed by atoms with Crippen LogP contribution in [0.25, 0.3) is 0 Å². The van der Waals surface area contributed by atoms with E-state index >= 15 is 0 Å². The molecule has 140 valence electrons. The van der Waals surface area contributed by atoms with Crippen LogP contribution >= 0.6 is 11.6 Å². The van der Waals surface area contributed by atoms with Crippen molar-refractivity contribution in [2.45, 2.75) is 26.7 Å². The maximum absolute atomic E-state index is 12.6. The Hall–Kier alpha value is -2.54. The molecule has 1 heterocycles. The second kappa shape index (κ2) is 9.24. The van der Waals surface area contributed by atoms with Gasteiger partial charge < -0.3 is 20.1 Å². The van der Waals surface area contributed by atoms with E-state index in [-0.39, 0.29) is 11.6 Å². The summed E-state index contributed by atoms with van der Waals surface area (Å²) in [4.78, 5) is 21.2. The van der Waals surface area contributed by atoms with Crippen LogP contribution in [-0.4, -0.2) is 36.6 Å². The fourth-order valence-corrected chi connectivity index (χ4v) is 2.54. The van der Waals surface area contributed by atoms with Crippen LogP contribution in [0.2, 0.25) is 5.02 Å². The molecule has 1 amide bonds. The van der Waals surface area contributed by atoms with E-state index in [9.17, 15) is 4.79 Å². The minimum absolute atomic E-state index is 0.257. The van der Waals surface area contributed by atoms with Gasteiger partial charge in [-0.1, -0.05) is 24.9 Å². The second-order valence-electron chi connectivity index (χ2n) is 5.61. The van der Waals surface area contributed by atoms with Crippen molar-refractivity contribution in [3.63, 3.8) is 0 Å². The molecule has 8 heteroatoms. The molecule has 0 aliphatic heterocycles. The molecular formula is C18H23ClN4O3. The molecule has 1 aromatic heterocycles. The molecule has 0 unspecified atom stereocenters. The van der Waals surface area contributed by atoms with Crippen molar-refractivity contribution in [2.24, 2.45) is 0 Å². The van der Waals surface area contributed by atoms with Crippen LogP contribution in [0.15, 0.2) is 18.2 Å². The molecule has 0 aliphatic rings. The first-order chi connectivity index (χ1) is 12.5. The molecule has 26 heavy (non-hydrogen) atoms. The first kappa shape index (κ1) is 19.8. The molecule has 2 aromatic rings. The zero-order chi connectivity index (χ0) is 19.1. The summed E-state index contributed by atoms with van der Waals surface area (Å²) >= 11 is 6.09. The Kier molecular flexibility index (Phi) is 7.03. The second-order valence-corrected chi connectivity index (χ2v) is 6.01. The number of rotatable bonds is 8. The van der Waals surface area contributed by atoms with E-state index in [0.717, 1.165) is 19.4 Å². The van der Waals surface area contributed by atoms with E-state index in [4.69, 9.17) is 21.1 Å². The van der Waals surface area contributed by atoms with Gasteiger partial charge in [-0.2, -0.15) is 0 Å². The van der Waals surface area contributed by atoms with Crippen LogP contribution in [0, 0.1) is 6.92 Å². The first-order valence-electron chi connectivity index (χ1n) is 8.30. The molecule has 7 nitrogen and oxygen atoms in total. The highest BCUT2D eigenvalue weighted by Gasteiger charge is 2.16. The van der Waals surface area contributed by atoms with Crippen molar-refractivity contribution in [3.8, 4) is 11.5 Å². The molecule has 0 fully saturated rings. The standard InChI is InChI=1S/C18H23ClN4O3/c1-5-6-7-20-17-10-14(21-11(2)22-17)18(24)23-13-9-15(25-3)12(19)8-16(13)26-4/h8-10H,5-7H2,1-4H3,(H,23,24)(H,20,21,22). The lowest BCUT2D eigenvalue weighted by atomic mass is 10.2. The number of aromatic nitrogens is 2. The van der Waals surface area contributed by atoms with Crippen LogP contribution in [0.5, 0.6) is 11.5 Å². The summed E-state index contributed by atoms with van der Waals surface area (Å²) in [5.74, 6) is 1.62. The molecule has 1 aromatic carbocycles. The number of carbonyl (C=O) groups excluding carboxylic acids is 1. The third kappa shape index (κ3) is 4.98. The average Bonchev–Trinajstić information content (AvgIpc) is 2.62. The van der Waals surface area contributed by atoms with Gasteiger partial charge in [0.1, 0.15) is 28.8 Å². The number of nitrogens with zero attached hydrogens (tertiary/aromatic N) is 2. The van der Waals surface area contributed by atoms with E-state index < -0.39 is 0 Å². The number of methoxy groups -OCH3 is 2. The summed E-state index contributed by atoms with van der Waals surface area (Å²) in [6.45, 7) is 4.64. The predicted molar refractivity (Wildman–Crippen MR) is 103 cm³/mol. The van der Waals surface area contributed by atoms with Crippen molar-refractivity contribution in [1.82, 2.24) is 9.97 Å². The van der Waals surface area contributed by atoms with Gasteiger partial charge in [0.05, 0.1) is 24.9 Å². The van der Waals surface area contributed by atoms with Gasteiger partial charge in [0.15, 0.2) is 0 Å². The predicted octanol–water partition coefficient (Wildman–Crippen LogP) is 3.92. The van der Waals surface area contributed by atoms with Crippen molar-refractivity contribution >= 4 is 29.0 Å². The highest BCUT2D eigenvalue weighted by Crippen LogP contribution is 2.36. The van der Waals surface area contributed by atoms with Crippen LogP contribution in [-0.2, 0) is 0 Å². The number of anilines is 2. The Morgan fingerprint density at radius 1 is 1.15 bits per heavy atom. The Balaban J connectivity index is 2.24.